The molecular weight excluding hydrogens is 447 g/mol. The first kappa shape index (κ1) is 20.4. The summed E-state index contributed by atoms with van der Waals surface area (Å²) in [5.74, 6) is -3.25. The van der Waals surface area contributed by atoms with Gasteiger partial charge in [0.25, 0.3) is 17.7 Å². The molecule has 0 aromatic heterocycles. The molecule has 0 spiro atoms. The molecule has 1 aliphatic rings. The maximum Gasteiger partial charge on any atom is 0.338 e. The molecular formula is C20H14BrFN2O5. The van der Waals surface area contributed by atoms with E-state index >= 15 is 0 Å². The zero-order chi connectivity index (χ0) is 21.1. The summed E-state index contributed by atoms with van der Waals surface area (Å²) < 4.78 is 19.2. The van der Waals surface area contributed by atoms with Crippen molar-refractivity contribution in [2.75, 3.05) is 18.5 Å². The molecule has 1 heterocycles. The Morgan fingerprint density at radius 1 is 1.14 bits per heavy atom. The summed E-state index contributed by atoms with van der Waals surface area (Å²) in [4.78, 5) is 49.6. The Morgan fingerprint density at radius 3 is 2.55 bits per heavy atom. The van der Waals surface area contributed by atoms with Crippen LogP contribution in [-0.2, 0) is 9.53 Å². The molecule has 148 valence electrons. The van der Waals surface area contributed by atoms with Gasteiger partial charge in [0.1, 0.15) is 5.82 Å². The first-order valence-electron chi connectivity index (χ1n) is 8.35. The second kappa shape index (κ2) is 8.36. The van der Waals surface area contributed by atoms with Crippen LogP contribution in [0.3, 0.4) is 0 Å². The van der Waals surface area contributed by atoms with Gasteiger partial charge in [-0.15, -0.1) is 6.58 Å². The summed E-state index contributed by atoms with van der Waals surface area (Å²) in [5, 5.41) is 2.29. The Hall–Kier alpha value is -3.33. The molecule has 2 aromatic rings. The van der Waals surface area contributed by atoms with Crippen LogP contribution in [0.5, 0.6) is 0 Å². The topological polar surface area (TPSA) is 92.8 Å². The molecule has 1 N–H and O–H groups in total. The van der Waals surface area contributed by atoms with Gasteiger partial charge in [-0.3, -0.25) is 19.3 Å². The highest BCUT2D eigenvalue weighted by molar-refractivity contribution is 9.10. The minimum absolute atomic E-state index is 0.00738. The van der Waals surface area contributed by atoms with E-state index in [1.165, 1.54) is 36.4 Å². The van der Waals surface area contributed by atoms with E-state index in [4.69, 9.17) is 4.74 Å². The van der Waals surface area contributed by atoms with Crippen molar-refractivity contribution in [3.8, 4) is 0 Å². The molecule has 3 amide bonds. The molecule has 9 heteroatoms. The highest BCUT2D eigenvalue weighted by Crippen LogP contribution is 2.24. The lowest BCUT2D eigenvalue weighted by Crippen LogP contribution is -2.29. The second-order valence-corrected chi connectivity index (χ2v) is 6.93. The number of hydrogen-bond acceptors (Lipinski definition) is 5. The number of nitrogens with zero attached hydrogens (tertiary/aromatic N) is 1. The fraction of sp³-hybridized carbons (Fsp3) is 0.100. The van der Waals surface area contributed by atoms with Crippen molar-refractivity contribution in [2.24, 2.45) is 0 Å². The van der Waals surface area contributed by atoms with Crippen LogP contribution in [0.4, 0.5) is 10.1 Å². The summed E-state index contributed by atoms with van der Waals surface area (Å²) >= 11 is 3.10. The van der Waals surface area contributed by atoms with Gasteiger partial charge in [-0.25, -0.2) is 9.18 Å². The predicted octanol–water partition coefficient (Wildman–Crippen LogP) is 3.17. The van der Waals surface area contributed by atoms with Crippen molar-refractivity contribution >= 4 is 45.3 Å². The Morgan fingerprint density at radius 2 is 1.86 bits per heavy atom. The van der Waals surface area contributed by atoms with Crippen molar-refractivity contribution in [3.63, 3.8) is 0 Å². The summed E-state index contributed by atoms with van der Waals surface area (Å²) in [5.41, 5.74) is 0.204. The molecule has 0 radical (unpaired) electrons. The smallest absolute Gasteiger partial charge is 0.338 e. The van der Waals surface area contributed by atoms with Gasteiger partial charge < -0.3 is 10.1 Å². The molecule has 0 fully saturated rings. The lowest BCUT2D eigenvalue weighted by molar-refractivity contribution is -0.119. The molecule has 1 aliphatic heterocycles. The number of carbonyl (C=O) groups excluding carboxylic acids is 4. The van der Waals surface area contributed by atoms with Crippen LogP contribution in [0.15, 0.2) is 53.5 Å². The van der Waals surface area contributed by atoms with Gasteiger partial charge in [-0.1, -0.05) is 22.0 Å². The number of amides is 3. The van der Waals surface area contributed by atoms with Crippen LogP contribution in [0, 0.1) is 5.82 Å². The van der Waals surface area contributed by atoms with E-state index in [-0.39, 0.29) is 28.9 Å². The van der Waals surface area contributed by atoms with E-state index in [1.807, 2.05) is 0 Å². The Kier molecular flexibility index (Phi) is 5.88. The van der Waals surface area contributed by atoms with Crippen LogP contribution in [-0.4, -0.2) is 41.7 Å². The number of esters is 1. The minimum Gasteiger partial charge on any atom is -0.452 e. The molecule has 2 aromatic carbocycles. The van der Waals surface area contributed by atoms with Crippen LogP contribution in [0.1, 0.15) is 31.1 Å². The van der Waals surface area contributed by atoms with Gasteiger partial charge in [0.2, 0.25) is 0 Å². The van der Waals surface area contributed by atoms with Crippen molar-refractivity contribution < 1.29 is 28.3 Å². The standard InChI is InChI=1S/C20H14BrFN2O5/c1-2-7-24-18(26)13-5-3-11(8-14(13)19(24)27)20(28)29-10-17(25)23-16-6-4-12(21)9-15(16)22/h2-6,8-9H,1,7,10H2,(H,23,25). The van der Waals surface area contributed by atoms with Crippen LogP contribution >= 0.6 is 15.9 Å². The average Bonchev–Trinajstić information content (AvgIpc) is 2.93. The molecule has 0 bridgehead atoms. The zero-order valence-electron chi connectivity index (χ0n) is 14.9. The van der Waals surface area contributed by atoms with Crippen molar-refractivity contribution in [2.45, 2.75) is 0 Å². The third-order valence-corrected chi connectivity index (χ3v) is 4.55. The second-order valence-electron chi connectivity index (χ2n) is 6.02. The lowest BCUT2D eigenvalue weighted by Gasteiger charge is -2.09. The molecule has 7 nitrogen and oxygen atoms in total. The predicted molar refractivity (Wildman–Crippen MR) is 105 cm³/mol. The first-order valence-corrected chi connectivity index (χ1v) is 9.14. The van der Waals surface area contributed by atoms with E-state index < -0.39 is 36.1 Å². The molecule has 0 aliphatic carbocycles. The monoisotopic (exact) mass is 460 g/mol. The molecule has 29 heavy (non-hydrogen) atoms. The Bertz CT molecular complexity index is 1050. The normalized spacial score (nSPS) is 12.6. The molecule has 0 saturated heterocycles. The maximum atomic E-state index is 13.7. The molecule has 0 unspecified atom stereocenters. The number of fused-ring (bicyclic) bond motifs is 1. The van der Waals surface area contributed by atoms with Crippen LogP contribution < -0.4 is 5.32 Å². The number of anilines is 1. The number of benzene rings is 2. The zero-order valence-corrected chi connectivity index (χ0v) is 16.5. The van der Waals surface area contributed by atoms with Crippen molar-refractivity contribution in [1.29, 1.82) is 0 Å². The number of hydrogen-bond donors (Lipinski definition) is 1. The van der Waals surface area contributed by atoms with Gasteiger partial charge in [0.15, 0.2) is 6.61 Å². The fourth-order valence-corrected chi connectivity index (χ4v) is 3.04. The average molecular weight is 461 g/mol. The van der Waals surface area contributed by atoms with Crippen molar-refractivity contribution in [1.82, 2.24) is 4.90 Å². The number of nitrogens with one attached hydrogen (secondary N) is 1. The Balaban J connectivity index is 1.65. The first-order chi connectivity index (χ1) is 13.8. The number of halogens is 2. The van der Waals surface area contributed by atoms with E-state index in [1.54, 1.807) is 6.07 Å². The molecule has 0 atom stereocenters. The van der Waals surface area contributed by atoms with Gasteiger partial charge in [0, 0.05) is 11.0 Å². The molecule has 3 rings (SSSR count). The van der Waals surface area contributed by atoms with E-state index in [9.17, 15) is 23.6 Å². The number of ether oxygens (including phenoxy) is 1. The van der Waals surface area contributed by atoms with E-state index in [0.29, 0.717) is 4.47 Å². The third kappa shape index (κ3) is 4.24. The quantitative estimate of drug-likeness (QED) is 0.406. The number of imide groups is 1. The number of carbonyl (C=O) groups is 4. The summed E-state index contributed by atoms with van der Waals surface area (Å²) in [6.45, 7) is 2.90. The highest BCUT2D eigenvalue weighted by Gasteiger charge is 2.35. The highest BCUT2D eigenvalue weighted by atomic mass is 79.9. The van der Waals surface area contributed by atoms with E-state index in [0.717, 1.165) is 4.90 Å². The van der Waals surface area contributed by atoms with Gasteiger partial charge in [0.05, 0.1) is 22.4 Å². The third-order valence-electron chi connectivity index (χ3n) is 4.06. The summed E-state index contributed by atoms with van der Waals surface area (Å²) in [6.07, 6.45) is 1.42. The Labute approximate surface area is 173 Å². The number of rotatable bonds is 6. The fourth-order valence-electron chi connectivity index (χ4n) is 2.70. The van der Waals surface area contributed by atoms with E-state index in [2.05, 4.69) is 27.8 Å². The van der Waals surface area contributed by atoms with Crippen molar-refractivity contribution in [3.05, 3.63) is 76.0 Å². The SMILES string of the molecule is C=CCN1C(=O)c2ccc(C(=O)OCC(=O)Nc3ccc(Br)cc3F)cc2C1=O. The van der Waals surface area contributed by atoms with Crippen LogP contribution in [0.25, 0.3) is 0 Å². The van der Waals surface area contributed by atoms with Gasteiger partial charge >= 0.3 is 5.97 Å². The lowest BCUT2D eigenvalue weighted by atomic mass is 10.1. The van der Waals surface area contributed by atoms with Gasteiger partial charge in [-0.2, -0.15) is 0 Å². The summed E-state index contributed by atoms with van der Waals surface area (Å²) in [7, 11) is 0. The summed E-state index contributed by atoms with van der Waals surface area (Å²) in [6, 6.07) is 8.01. The minimum atomic E-state index is -0.860. The maximum absolute atomic E-state index is 13.7. The van der Waals surface area contributed by atoms with Gasteiger partial charge in [-0.05, 0) is 36.4 Å². The van der Waals surface area contributed by atoms with Crippen LogP contribution in [0.2, 0.25) is 0 Å². The largest absolute Gasteiger partial charge is 0.452 e. The molecule has 0 saturated carbocycles.